The van der Waals surface area contributed by atoms with E-state index in [0.29, 0.717) is 11.8 Å². The van der Waals surface area contributed by atoms with Crippen molar-refractivity contribution in [1.82, 2.24) is 0 Å². The summed E-state index contributed by atoms with van der Waals surface area (Å²) < 4.78 is 23.4. The number of halogens is 1. The van der Waals surface area contributed by atoms with Gasteiger partial charge in [-0.25, -0.2) is 0 Å². The molecule has 96 valence electrons. The zero-order chi connectivity index (χ0) is 11.4. The third-order valence-electron chi connectivity index (χ3n) is 2.50. The molecule has 0 N–H and O–H groups in total. The van der Waals surface area contributed by atoms with Gasteiger partial charge in [0.25, 0.3) is 0 Å². The van der Waals surface area contributed by atoms with Crippen molar-refractivity contribution in [3.8, 4) is 0 Å². The van der Waals surface area contributed by atoms with Crippen LogP contribution in [0.15, 0.2) is 0 Å². The van der Waals surface area contributed by atoms with Gasteiger partial charge in [0, 0.05) is 0 Å². The number of hydrogen-bond donors (Lipinski definition) is 0. The van der Waals surface area contributed by atoms with Gasteiger partial charge < -0.3 is 0 Å². The third kappa shape index (κ3) is 4.10. The Hall–Kier alpha value is 0.570. The maximum absolute atomic E-state index is 5.62. The van der Waals surface area contributed by atoms with Crippen LogP contribution in [0.25, 0.3) is 0 Å². The topological polar surface area (TPSA) is 36.9 Å². The molecular formula is C11H20IO4-. The Labute approximate surface area is 107 Å². The van der Waals surface area contributed by atoms with Gasteiger partial charge in [0.15, 0.2) is 0 Å². The molecule has 0 radical (unpaired) electrons. The van der Waals surface area contributed by atoms with E-state index < -0.39 is 0 Å². The average molecular weight is 343 g/mol. The van der Waals surface area contributed by atoms with Crippen molar-refractivity contribution < 1.29 is 40.2 Å². The number of hydrogen-bond acceptors (Lipinski definition) is 4. The third-order valence-corrected chi connectivity index (χ3v) is 5.16. The van der Waals surface area contributed by atoms with E-state index in [2.05, 4.69) is 13.8 Å². The van der Waals surface area contributed by atoms with Crippen LogP contribution in [-0.2, 0) is 18.9 Å². The quantitative estimate of drug-likeness (QED) is 0.441. The van der Waals surface area contributed by atoms with Crippen LogP contribution >= 0.6 is 0 Å². The predicted molar refractivity (Wildman–Crippen MR) is 54.6 cm³/mol. The Bertz CT molecular complexity index is 176. The van der Waals surface area contributed by atoms with Crippen LogP contribution < -0.4 is 21.2 Å². The van der Waals surface area contributed by atoms with E-state index in [9.17, 15) is 0 Å². The summed E-state index contributed by atoms with van der Waals surface area (Å²) in [6, 6.07) is 0. The van der Waals surface area contributed by atoms with E-state index in [1.54, 1.807) is 0 Å². The molecule has 0 saturated carbocycles. The van der Waals surface area contributed by atoms with Crippen molar-refractivity contribution in [2.24, 2.45) is 11.8 Å². The molecule has 2 aliphatic rings. The summed E-state index contributed by atoms with van der Waals surface area (Å²) in [5.41, 5.74) is 0. The van der Waals surface area contributed by atoms with Crippen LogP contribution in [0.1, 0.15) is 13.8 Å². The molecule has 2 rings (SSSR count). The van der Waals surface area contributed by atoms with Gasteiger partial charge in [-0.1, -0.05) is 0 Å². The first-order valence-electron chi connectivity index (χ1n) is 5.78. The summed E-state index contributed by atoms with van der Waals surface area (Å²) in [6.45, 7) is 7.57. The van der Waals surface area contributed by atoms with Crippen LogP contribution in [-0.4, -0.2) is 41.4 Å². The van der Waals surface area contributed by atoms with Gasteiger partial charge in [-0.15, -0.1) is 0 Å². The second-order valence-corrected chi connectivity index (χ2v) is 7.33. The molecule has 0 aromatic rings. The fourth-order valence-electron chi connectivity index (χ4n) is 1.54. The van der Waals surface area contributed by atoms with Gasteiger partial charge in [-0.3, -0.25) is 0 Å². The zero-order valence-corrected chi connectivity index (χ0v) is 12.0. The number of rotatable bonds is 3. The van der Waals surface area contributed by atoms with Crippen molar-refractivity contribution >= 4 is 0 Å². The van der Waals surface area contributed by atoms with Crippen molar-refractivity contribution in [3.63, 3.8) is 0 Å². The Morgan fingerprint density at radius 1 is 0.875 bits per heavy atom. The molecule has 0 bridgehead atoms. The molecule has 4 nitrogen and oxygen atoms in total. The summed E-state index contributed by atoms with van der Waals surface area (Å²) in [4.78, 5) is 0. The molecule has 0 atom stereocenters. The molecule has 2 saturated heterocycles. The summed E-state index contributed by atoms with van der Waals surface area (Å²) in [5.74, 6) is 1.06. The first-order valence-corrected chi connectivity index (χ1v) is 8.55. The first kappa shape index (κ1) is 13.0. The Morgan fingerprint density at radius 3 is 1.94 bits per heavy atom. The van der Waals surface area contributed by atoms with Crippen LogP contribution in [0.3, 0.4) is 0 Å². The molecule has 0 amide bonds. The summed E-state index contributed by atoms with van der Waals surface area (Å²) >= 11 is -0.150. The van der Waals surface area contributed by atoms with E-state index in [0.717, 1.165) is 30.9 Å². The average Bonchev–Trinajstić information content (AvgIpc) is 2.30. The number of alkyl halides is 2. The van der Waals surface area contributed by atoms with Crippen molar-refractivity contribution in [2.45, 2.75) is 24.4 Å². The van der Waals surface area contributed by atoms with Crippen molar-refractivity contribution in [2.75, 3.05) is 30.9 Å². The standard InChI is InChI=1S/C11H20IO4/c1-8-4-13-10(14-5-8)3-12-11-15-6-9(2)7-16-11/h8-11H,3-7H2,1-2H3/q-1. The fourth-order valence-corrected chi connectivity index (χ4v) is 3.80. The Kier molecular flexibility index (Phi) is 5.28. The van der Waals surface area contributed by atoms with Gasteiger partial charge in [-0.05, 0) is 0 Å². The Morgan fingerprint density at radius 2 is 1.38 bits per heavy atom. The van der Waals surface area contributed by atoms with Gasteiger partial charge in [0.2, 0.25) is 0 Å². The SMILES string of the molecule is CC1COC(C[I-]C2OCC(C)CO2)OC1. The van der Waals surface area contributed by atoms with Gasteiger partial charge in [0.1, 0.15) is 0 Å². The van der Waals surface area contributed by atoms with Crippen LogP contribution in [0.4, 0.5) is 0 Å². The van der Waals surface area contributed by atoms with E-state index in [1.807, 2.05) is 0 Å². The first-order chi connectivity index (χ1) is 7.74. The second kappa shape index (κ2) is 6.49. The molecule has 0 aromatic carbocycles. The van der Waals surface area contributed by atoms with Gasteiger partial charge in [0.05, 0.1) is 0 Å². The molecule has 0 aliphatic carbocycles. The maximum atomic E-state index is 5.62. The van der Waals surface area contributed by atoms with Crippen molar-refractivity contribution in [1.29, 1.82) is 0 Å². The predicted octanol–water partition coefficient (Wildman–Crippen LogP) is -1.95. The molecule has 5 heteroatoms. The molecule has 2 aliphatic heterocycles. The van der Waals surface area contributed by atoms with E-state index in [1.165, 1.54) is 0 Å². The summed E-state index contributed by atoms with van der Waals surface area (Å²) in [6.07, 6.45) is -0.0180. The minimum atomic E-state index is -0.150. The van der Waals surface area contributed by atoms with Crippen LogP contribution in [0.5, 0.6) is 0 Å². The zero-order valence-electron chi connectivity index (χ0n) is 9.86. The molecule has 2 heterocycles. The second-order valence-electron chi connectivity index (χ2n) is 4.56. The molecule has 0 aromatic heterocycles. The minimum absolute atomic E-state index is 0.0180. The van der Waals surface area contributed by atoms with E-state index >= 15 is 0 Å². The molecule has 0 spiro atoms. The van der Waals surface area contributed by atoms with Gasteiger partial charge >= 0.3 is 107 Å². The van der Waals surface area contributed by atoms with Gasteiger partial charge in [-0.2, -0.15) is 0 Å². The molecular weight excluding hydrogens is 323 g/mol. The fraction of sp³-hybridized carbons (Fsp3) is 1.00. The Balaban J connectivity index is 1.60. The van der Waals surface area contributed by atoms with Crippen LogP contribution in [0, 0.1) is 11.8 Å². The normalized spacial score (nSPS) is 41.1. The van der Waals surface area contributed by atoms with Crippen LogP contribution in [0.2, 0.25) is 0 Å². The molecule has 16 heavy (non-hydrogen) atoms. The monoisotopic (exact) mass is 343 g/mol. The van der Waals surface area contributed by atoms with E-state index in [-0.39, 0.29) is 31.8 Å². The molecule has 2 fully saturated rings. The molecule has 0 unspecified atom stereocenters. The summed E-state index contributed by atoms with van der Waals surface area (Å²) in [7, 11) is 0. The van der Waals surface area contributed by atoms with Crippen molar-refractivity contribution in [3.05, 3.63) is 0 Å². The van der Waals surface area contributed by atoms with E-state index in [4.69, 9.17) is 18.9 Å². The number of ether oxygens (including phenoxy) is 4. The summed E-state index contributed by atoms with van der Waals surface area (Å²) in [5, 5.41) is 0.